The Morgan fingerprint density at radius 3 is 2.84 bits per heavy atom. The molecule has 1 amide bonds. The summed E-state index contributed by atoms with van der Waals surface area (Å²) in [4.78, 5) is 22.4. The van der Waals surface area contributed by atoms with Gasteiger partial charge in [0, 0.05) is 26.2 Å². The maximum absolute atomic E-state index is 11.0. The average molecular weight is 260 g/mol. The summed E-state index contributed by atoms with van der Waals surface area (Å²) < 4.78 is 0. The number of para-hydroxylation sites is 2. The monoisotopic (exact) mass is 260 g/mol. The van der Waals surface area contributed by atoms with Crippen molar-refractivity contribution in [1.29, 1.82) is 0 Å². The molecule has 0 atom stereocenters. The summed E-state index contributed by atoms with van der Waals surface area (Å²) in [5.41, 5.74) is 1.95. The van der Waals surface area contributed by atoms with Crippen molar-refractivity contribution >= 4 is 23.1 Å². The zero-order valence-electron chi connectivity index (χ0n) is 10.5. The van der Waals surface area contributed by atoms with Gasteiger partial charge in [0.15, 0.2) is 0 Å². The Morgan fingerprint density at radius 1 is 1.21 bits per heavy atom. The second kappa shape index (κ2) is 4.79. The molecule has 0 unspecified atom stereocenters. The number of benzene rings is 1. The van der Waals surface area contributed by atoms with Crippen LogP contribution in [0.5, 0.6) is 0 Å². The van der Waals surface area contributed by atoms with E-state index < -0.39 is 6.09 Å². The van der Waals surface area contributed by atoms with E-state index in [1.807, 2.05) is 24.3 Å². The largest absolute Gasteiger partial charge is 0.465 e. The molecule has 2 N–H and O–H groups in total. The van der Waals surface area contributed by atoms with Gasteiger partial charge < -0.3 is 19.9 Å². The number of carboxylic acid groups (broad SMARTS) is 1. The number of carbonyl (C=O) groups is 1. The maximum atomic E-state index is 11.0. The summed E-state index contributed by atoms with van der Waals surface area (Å²) in [6.45, 7) is 2.61. The number of hydrogen-bond acceptors (Lipinski definition) is 3. The number of nitrogens with zero attached hydrogens (tertiary/aromatic N) is 3. The van der Waals surface area contributed by atoms with Crippen LogP contribution in [0, 0.1) is 0 Å². The highest BCUT2D eigenvalue weighted by molar-refractivity contribution is 5.77. The van der Waals surface area contributed by atoms with Gasteiger partial charge >= 0.3 is 6.09 Å². The molecule has 1 aromatic heterocycles. The lowest BCUT2D eigenvalue weighted by molar-refractivity contribution is 0.148. The fourth-order valence-corrected chi connectivity index (χ4v) is 2.41. The van der Waals surface area contributed by atoms with Gasteiger partial charge in [-0.25, -0.2) is 9.78 Å². The topological polar surface area (TPSA) is 72.5 Å². The van der Waals surface area contributed by atoms with Gasteiger partial charge in [0.1, 0.15) is 0 Å². The third-order valence-corrected chi connectivity index (χ3v) is 3.44. The van der Waals surface area contributed by atoms with E-state index in [0.717, 1.165) is 29.9 Å². The Hall–Kier alpha value is -2.24. The third kappa shape index (κ3) is 2.33. The highest BCUT2D eigenvalue weighted by Gasteiger charge is 2.20. The Balaban J connectivity index is 1.80. The minimum absolute atomic E-state index is 0.520. The van der Waals surface area contributed by atoms with E-state index in [1.54, 1.807) is 0 Å². The molecule has 1 aliphatic heterocycles. The average Bonchev–Trinajstić information content (AvgIpc) is 2.67. The molecule has 0 spiro atoms. The lowest BCUT2D eigenvalue weighted by Gasteiger charge is -2.19. The molecule has 6 nitrogen and oxygen atoms in total. The van der Waals surface area contributed by atoms with E-state index in [9.17, 15) is 4.79 Å². The molecule has 19 heavy (non-hydrogen) atoms. The number of aromatic amines is 1. The second-order valence-corrected chi connectivity index (χ2v) is 4.69. The van der Waals surface area contributed by atoms with Crippen LogP contribution < -0.4 is 4.90 Å². The number of aromatic nitrogens is 2. The van der Waals surface area contributed by atoms with Crippen LogP contribution in [-0.2, 0) is 0 Å². The molecule has 0 bridgehead atoms. The van der Waals surface area contributed by atoms with Gasteiger partial charge in [0.2, 0.25) is 5.95 Å². The predicted molar refractivity (Wildman–Crippen MR) is 72.5 cm³/mol. The van der Waals surface area contributed by atoms with Crippen LogP contribution in [0.4, 0.5) is 10.7 Å². The quantitative estimate of drug-likeness (QED) is 0.819. The van der Waals surface area contributed by atoms with Crippen molar-refractivity contribution < 1.29 is 9.90 Å². The first-order valence-electron chi connectivity index (χ1n) is 6.41. The maximum Gasteiger partial charge on any atom is 0.407 e. The van der Waals surface area contributed by atoms with E-state index in [1.165, 1.54) is 4.90 Å². The molecule has 3 rings (SSSR count). The van der Waals surface area contributed by atoms with Gasteiger partial charge in [-0.15, -0.1) is 0 Å². The van der Waals surface area contributed by atoms with Crippen molar-refractivity contribution in [3.05, 3.63) is 24.3 Å². The molecular weight excluding hydrogens is 244 g/mol. The number of rotatable bonds is 1. The minimum atomic E-state index is -0.841. The number of nitrogens with one attached hydrogen (secondary N) is 1. The number of imidazole rings is 1. The number of anilines is 1. The van der Waals surface area contributed by atoms with Crippen molar-refractivity contribution in [1.82, 2.24) is 14.9 Å². The highest BCUT2D eigenvalue weighted by Crippen LogP contribution is 2.18. The van der Waals surface area contributed by atoms with Crippen LogP contribution in [0.15, 0.2) is 24.3 Å². The molecule has 6 heteroatoms. The fourth-order valence-electron chi connectivity index (χ4n) is 2.41. The molecule has 1 fully saturated rings. The van der Waals surface area contributed by atoms with Crippen LogP contribution in [0.25, 0.3) is 11.0 Å². The van der Waals surface area contributed by atoms with Crippen LogP contribution >= 0.6 is 0 Å². The van der Waals surface area contributed by atoms with Crippen LogP contribution in [-0.4, -0.2) is 52.2 Å². The van der Waals surface area contributed by atoms with E-state index >= 15 is 0 Å². The molecule has 0 aliphatic carbocycles. The van der Waals surface area contributed by atoms with Gasteiger partial charge in [0.05, 0.1) is 11.0 Å². The van der Waals surface area contributed by atoms with Gasteiger partial charge in [-0.2, -0.15) is 0 Å². The number of fused-ring (bicyclic) bond motifs is 1. The molecular formula is C13H16N4O2. The van der Waals surface area contributed by atoms with Gasteiger partial charge in [-0.3, -0.25) is 0 Å². The minimum Gasteiger partial charge on any atom is -0.465 e. The predicted octanol–water partition coefficient (Wildman–Crippen LogP) is 1.75. The summed E-state index contributed by atoms with van der Waals surface area (Å²) in [7, 11) is 0. The number of H-pyrrole nitrogens is 1. The zero-order valence-corrected chi connectivity index (χ0v) is 10.5. The Labute approximate surface area is 110 Å². The summed E-state index contributed by atoms with van der Waals surface area (Å²) >= 11 is 0. The molecule has 2 aromatic rings. The molecule has 1 aromatic carbocycles. The van der Waals surface area contributed by atoms with Crippen molar-refractivity contribution in [3.63, 3.8) is 0 Å². The Bertz CT molecular complexity index is 562. The van der Waals surface area contributed by atoms with E-state index in [0.29, 0.717) is 19.6 Å². The van der Waals surface area contributed by atoms with Gasteiger partial charge in [-0.05, 0) is 18.6 Å². The van der Waals surface area contributed by atoms with E-state index in [-0.39, 0.29) is 0 Å². The van der Waals surface area contributed by atoms with Crippen molar-refractivity contribution in [3.8, 4) is 0 Å². The first-order chi connectivity index (χ1) is 9.24. The number of amides is 1. The second-order valence-electron chi connectivity index (χ2n) is 4.69. The molecule has 0 radical (unpaired) electrons. The third-order valence-electron chi connectivity index (χ3n) is 3.44. The SMILES string of the molecule is O=C(O)N1CCCN(c2nc3ccccc3[nH]2)CC1. The molecule has 0 saturated carbocycles. The van der Waals surface area contributed by atoms with Crippen LogP contribution in [0.3, 0.4) is 0 Å². The lowest BCUT2D eigenvalue weighted by Crippen LogP contribution is -2.34. The van der Waals surface area contributed by atoms with E-state index in [4.69, 9.17) is 5.11 Å². The molecule has 2 heterocycles. The van der Waals surface area contributed by atoms with Crippen molar-refractivity contribution in [2.75, 3.05) is 31.1 Å². The highest BCUT2D eigenvalue weighted by atomic mass is 16.4. The van der Waals surface area contributed by atoms with E-state index in [2.05, 4.69) is 14.9 Å². The summed E-state index contributed by atoms with van der Waals surface area (Å²) in [5, 5.41) is 9.02. The summed E-state index contributed by atoms with van der Waals surface area (Å²) in [6, 6.07) is 7.89. The molecule has 1 aliphatic rings. The van der Waals surface area contributed by atoms with Crippen molar-refractivity contribution in [2.24, 2.45) is 0 Å². The first kappa shape index (κ1) is 11.8. The Kier molecular flexibility index (Phi) is 2.98. The molecule has 100 valence electrons. The Morgan fingerprint density at radius 2 is 2.05 bits per heavy atom. The smallest absolute Gasteiger partial charge is 0.407 e. The van der Waals surface area contributed by atoms with Crippen molar-refractivity contribution in [2.45, 2.75) is 6.42 Å². The van der Waals surface area contributed by atoms with Gasteiger partial charge in [-0.1, -0.05) is 12.1 Å². The lowest BCUT2D eigenvalue weighted by atomic mass is 10.3. The zero-order chi connectivity index (χ0) is 13.2. The number of hydrogen-bond donors (Lipinski definition) is 2. The fraction of sp³-hybridized carbons (Fsp3) is 0.385. The standard InChI is InChI=1S/C13H16N4O2/c18-13(19)17-7-3-6-16(8-9-17)12-14-10-4-1-2-5-11(10)15-12/h1-2,4-5H,3,6-9H2,(H,14,15)(H,18,19). The van der Waals surface area contributed by atoms with Crippen LogP contribution in [0.1, 0.15) is 6.42 Å². The van der Waals surface area contributed by atoms with Gasteiger partial charge in [0.25, 0.3) is 0 Å². The normalized spacial score (nSPS) is 16.6. The first-order valence-corrected chi connectivity index (χ1v) is 6.41. The molecule has 1 saturated heterocycles. The van der Waals surface area contributed by atoms with Crippen LogP contribution in [0.2, 0.25) is 0 Å². The summed E-state index contributed by atoms with van der Waals surface area (Å²) in [6.07, 6.45) is -0.0185. The summed E-state index contributed by atoms with van der Waals surface area (Å²) in [5.74, 6) is 0.827.